The van der Waals surface area contributed by atoms with Crippen LogP contribution in [0.3, 0.4) is 0 Å². The number of hydrogen-bond acceptors (Lipinski definition) is 6. The Morgan fingerprint density at radius 1 is 1.03 bits per heavy atom. The first-order valence-corrected chi connectivity index (χ1v) is 11.2. The third kappa shape index (κ3) is 5.21. The standard InChI is InChI=1S/C23H20ClF6N5O3/c1-33(2)19(36)16-4-3-13(10-17(16)24)15-9-14(11-31)18(32-12-15)34-5-7-35(8-6-34)20(37)21(38,22(25,26)27)23(28,29)30/h3-4,9-10,12,38H,5-8H2,1-2H3. The van der Waals surface area contributed by atoms with Crippen molar-refractivity contribution in [1.29, 1.82) is 5.26 Å². The topological polar surface area (TPSA) is 101 Å². The zero-order valence-electron chi connectivity index (χ0n) is 19.9. The highest BCUT2D eigenvalue weighted by Crippen LogP contribution is 2.44. The van der Waals surface area contributed by atoms with Crippen molar-refractivity contribution >= 4 is 29.2 Å². The third-order valence-electron chi connectivity index (χ3n) is 5.92. The summed E-state index contributed by atoms with van der Waals surface area (Å²) in [6, 6.07) is 8.04. The van der Waals surface area contributed by atoms with Crippen LogP contribution in [0.15, 0.2) is 30.5 Å². The lowest BCUT2D eigenvalue weighted by molar-refractivity contribution is -0.353. The number of pyridine rings is 1. The van der Waals surface area contributed by atoms with Crippen molar-refractivity contribution in [2.24, 2.45) is 0 Å². The number of amides is 2. The number of carbonyl (C=O) groups excluding carboxylic acids is 2. The van der Waals surface area contributed by atoms with Gasteiger partial charge in [-0.15, -0.1) is 0 Å². The molecule has 1 saturated heterocycles. The first-order chi connectivity index (χ1) is 17.5. The first kappa shape index (κ1) is 29.0. The van der Waals surface area contributed by atoms with Gasteiger partial charge in [-0.3, -0.25) is 9.59 Å². The lowest BCUT2D eigenvalue weighted by atomic mass is 10.00. The van der Waals surface area contributed by atoms with E-state index in [9.17, 15) is 46.3 Å². The van der Waals surface area contributed by atoms with Crippen molar-refractivity contribution < 1.29 is 41.0 Å². The number of hydrogen-bond donors (Lipinski definition) is 1. The van der Waals surface area contributed by atoms with Gasteiger partial charge in [-0.2, -0.15) is 31.6 Å². The number of piperazine rings is 1. The van der Waals surface area contributed by atoms with E-state index < -0.39 is 37.0 Å². The maximum atomic E-state index is 13.0. The summed E-state index contributed by atoms with van der Waals surface area (Å²) in [6.07, 6.45) is -11.2. The van der Waals surface area contributed by atoms with Gasteiger partial charge < -0.3 is 19.8 Å². The maximum absolute atomic E-state index is 13.0. The van der Waals surface area contributed by atoms with E-state index in [1.54, 1.807) is 20.2 Å². The van der Waals surface area contributed by atoms with Crippen LogP contribution < -0.4 is 4.90 Å². The van der Waals surface area contributed by atoms with Gasteiger partial charge in [0, 0.05) is 52.0 Å². The van der Waals surface area contributed by atoms with Gasteiger partial charge in [-0.1, -0.05) is 17.7 Å². The lowest BCUT2D eigenvalue weighted by Crippen LogP contribution is -2.68. The third-order valence-corrected chi connectivity index (χ3v) is 6.24. The second-order valence-electron chi connectivity index (χ2n) is 8.59. The van der Waals surface area contributed by atoms with Crippen molar-refractivity contribution in [2.75, 3.05) is 45.2 Å². The van der Waals surface area contributed by atoms with Gasteiger partial charge in [0.1, 0.15) is 11.9 Å². The Kier molecular flexibility index (Phi) is 7.86. The normalized spacial score (nSPS) is 14.8. The molecule has 0 aliphatic carbocycles. The summed E-state index contributed by atoms with van der Waals surface area (Å²) < 4.78 is 78.3. The summed E-state index contributed by atoms with van der Waals surface area (Å²) >= 11 is 6.24. The molecule has 2 aromatic rings. The number of nitrogens with zero attached hydrogens (tertiary/aromatic N) is 5. The number of aromatic nitrogens is 1. The fourth-order valence-electron chi connectivity index (χ4n) is 3.81. The SMILES string of the molecule is CN(C)C(=O)c1ccc(-c2cnc(N3CCN(C(=O)C(O)(C(F)(F)F)C(F)(F)F)CC3)c(C#N)c2)cc1Cl. The first-order valence-electron chi connectivity index (χ1n) is 10.8. The molecule has 1 fully saturated rings. The Bertz CT molecular complexity index is 1270. The molecule has 1 aliphatic rings. The van der Waals surface area contributed by atoms with Gasteiger partial charge in [0.15, 0.2) is 0 Å². The Morgan fingerprint density at radius 2 is 1.61 bits per heavy atom. The fourth-order valence-corrected chi connectivity index (χ4v) is 4.07. The van der Waals surface area contributed by atoms with Gasteiger partial charge in [0.2, 0.25) is 0 Å². The van der Waals surface area contributed by atoms with Crippen LogP contribution in [0.2, 0.25) is 5.02 Å². The number of nitriles is 1. The van der Waals surface area contributed by atoms with Crippen molar-refractivity contribution in [3.8, 4) is 17.2 Å². The minimum atomic E-state index is -6.27. The molecule has 3 rings (SSSR count). The van der Waals surface area contributed by atoms with Gasteiger partial charge in [-0.05, 0) is 23.8 Å². The summed E-state index contributed by atoms with van der Waals surface area (Å²) in [6.45, 7) is -1.66. The molecular weight excluding hydrogens is 544 g/mol. The smallest absolute Gasteiger partial charge is 0.366 e. The van der Waals surface area contributed by atoms with E-state index in [2.05, 4.69) is 4.98 Å². The molecule has 0 radical (unpaired) electrons. The number of anilines is 1. The van der Waals surface area contributed by atoms with Crippen LogP contribution in [-0.4, -0.2) is 89.9 Å². The second-order valence-corrected chi connectivity index (χ2v) is 8.99. The molecule has 0 atom stereocenters. The zero-order chi connectivity index (χ0) is 28.6. The monoisotopic (exact) mass is 563 g/mol. The number of rotatable bonds is 4. The lowest BCUT2D eigenvalue weighted by Gasteiger charge is -2.40. The van der Waals surface area contributed by atoms with Crippen molar-refractivity contribution in [2.45, 2.75) is 18.0 Å². The molecule has 15 heteroatoms. The van der Waals surface area contributed by atoms with Crippen LogP contribution in [0.5, 0.6) is 0 Å². The average molecular weight is 564 g/mol. The van der Waals surface area contributed by atoms with Crippen LogP contribution in [0.1, 0.15) is 15.9 Å². The van der Waals surface area contributed by atoms with Crippen LogP contribution in [0.4, 0.5) is 32.2 Å². The predicted octanol–water partition coefficient (Wildman–Crippen LogP) is 3.48. The number of carbonyl (C=O) groups is 2. The molecule has 38 heavy (non-hydrogen) atoms. The van der Waals surface area contributed by atoms with Gasteiger partial charge >= 0.3 is 18.0 Å². The van der Waals surface area contributed by atoms with E-state index >= 15 is 0 Å². The Morgan fingerprint density at radius 3 is 2.08 bits per heavy atom. The molecule has 2 heterocycles. The number of halogens is 7. The van der Waals surface area contributed by atoms with Crippen molar-refractivity contribution in [3.63, 3.8) is 0 Å². The zero-order valence-corrected chi connectivity index (χ0v) is 20.6. The molecule has 1 N–H and O–H groups in total. The number of alkyl halides is 6. The minimum absolute atomic E-state index is 0.0499. The van der Waals surface area contributed by atoms with Crippen LogP contribution >= 0.6 is 11.6 Å². The Balaban J connectivity index is 1.81. The van der Waals surface area contributed by atoms with Crippen LogP contribution in [-0.2, 0) is 4.79 Å². The molecule has 1 aromatic heterocycles. The van der Waals surface area contributed by atoms with Gasteiger partial charge in [0.25, 0.3) is 11.8 Å². The molecule has 2 amide bonds. The van der Waals surface area contributed by atoms with Gasteiger partial charge in [-0.25, -0.2) is 4.98 Å². The summed E-state index contributed by atoms with van der Waals surface area (Å²) in [7, 11) is 3.13. The second kappa shape index (κ2) is 10.3. The number of aliphatic hydroxyl groups is 1. The fraction of sp³-hybridized carbons (Fsp3) is 0.391. The minimum Gasteiger partial charge on any atom is -0.366 e. The molecule has 1 aromatic carbocycles. The highest BCUT2D eigenvalue weighted by molar-refractivity contribution is 6.34. The molecule has 0 bridgehead atoms. The van der Waals surface area contributed by atoms with E-state index in [0.29, 0.717) is 11.1 Å². The van der Waals surface area contributed by atoms with Crippen LogP contribution in [0, 0.1) is 11.3 Å². The van der Waals surface area contributed by atoms with E-state index in [1.165, 1.54) is 34.2 Å². The quantitative estimate of drug-likeness (QED) is 0.572. The van der Waals surface area contributed by atoms with E-state index in [4.69, 9.17) is 11.6 Å². The molecule has 8 nitrogen and oxygen atoms in total. The van der Waals surface area contributed by atoms with E-state index in [0.717, 1.165) is 0 Å². The van der Waals surface area contributed by atoms with Crippen LogP contribution in [0.25, 0.3) is 11.1 Å². The molecule has 0 unspecified atom stereocenters. The van der Waals surface area contributed by atoms with Crippen molar-refractivity contribution in [3.05, 3.63) is 46.6 Å². The Hall–Kier alpha value is -3.57. The average Bonchev–Trinajstić information content (AvgIpc) is 2.85. The maximum Gasteiger partial charge on any atom is 0.435 e. The molecule has 1 aliphatic heterocycles. The molecular formula is C23H20ClF6N5O3. The van der Waals surface area contributed by atoms with E-state index in [1.807, 2.05) is 6.07 Å². The molecule has 0 spiro atoms. The highest BCUT2D eigenvalue weighted by Gasteiger charge is 2.76. The van der Waals surface area contributed by atoms with Gasteiger partial charge in [0.05, 0.1) is 16.1 Å². The summed E-state index contributed by atoms with van der Waals surface area (Å²) in [4.78, 5) is 31.6. The largest absolute Gasteiger partial charge is 0.435 e. The number of benzene rings is 1. The highest BCUT2D eigenvalue weighted by atomic mass is 35.5. The summed E-state index contributed by atoms with van der Waals surface area (Å²) in [5, 5.41) is 19.2. The Labute approximate surface area is 217 Å². The summed E-state index contributed by atoms with van der Waals surface area (Å²) in [5.74, 6) is -2.72. The predicted molar refractivity (Wildman–Crippen MR) is 123 cm³/mol. The van der Waals surface area contributed by atoms with Crippen molar-refractivity contribution in [1.82, 2.24) is 14.8 Å². The summed E-state index contributed by atoms with van der Waals surface area (Å²) in [5.41, 5.74) is -4.22. The molecule has 204 valence electrons. The molecule has 0 saturated carbocycles. The van der Waals surface area contributed by atoms with E-state index in [-0.39, 0.29) is 45.9 Å².